The van der Waals surface area contributed by atoms with Crippen molar-refractivity contribution < 1.29 is 32.6 Å². The number of carbonyl (C=O) groups excluding carboxylic acids is 1. The Morgan fingerprint density at radius 1 is 1.18 bits per heavy atom. The summed E-state index contributed by atoms with van der Waals surface area (Å²) in [6.45, 7) is 6.56. The maximum atomic E-state index is 13.0. The fourth-order valence-electron chi connectivity index (χ4n) is 4.30. The summed E-state index contributed by atoms with van der Waals surface area (Å²) in [5.41, 5.74) is -1.19. The van der Waals surface area contributed by atoms with E-state index in [-0.39, 0.29) is 23.2 Å². The van der Waals surface area contributed by atoms with Gasteiger partial charge < -0.3 is 20.1 Å². The number of likely N-dealkylation sites (tertiary alicyclic amines) is 1. The Hall–Kier alpha value is -3.30. The lowest BCUT2D eigenvalue weighted by Crippen LogP contribution is -2.44. The topological polar surface area (TPSA) is 91.8 Å². The summed E-state index contributed by atoms with van der Waals surface area (Å²) in [5, 5.41) is 12.0. The molecule has 0 bridgehead atoms. The van der Waals surface area contributed by atoms with Crippen molar-refractivity contribution in [1.82, 2.24) is 9.88 Å². The molecule has 10 heteroatoms. The minimum absolute atomic E-state index is 0.0874. The Morgan fingerprint density at radius 2 is 1.88 bits per heavy atom. The van der Waals surface area contributed by atoms with E-state index >= 15 is 0 Å². The lowest BCUT2D eigenvalue weighted by molar-refractivity contribution is -0.137. The van der Waals surface area contributed by atoms with Gasteiger partial charge in [-0.1, -0.05) is 20.8 Å². The first-order valence-electron chi connectivity index (χ1n) is 10.3. The number of ether oxygens (including phenoxy) is 1. The van der Waals surface area contributed by atoms with Gasteiger partial charge in [-0.15, -0.1) is 0 Å². The van der Waals surface area contributed by atoms with E-state index in [0.29, 0.717) is 30.5 Å². The van der Waals surface area contributed by atoms with E-state index < -0.39 is 29.2 Å². The number of amides is 2. The van der Waals surface area contributed by atoms with E-state index in [2.05, 4.69) is 10.3 Å². The molecule has 3 rings (SSSR count). The molecule has 1 aromatic heterocycles. The van der Waals surface area contributed by atoms with E-state index in [1.807, 2.05) is 20.8 Å². The molecular weight excluding hydrogens is 439 g/mol. The third kappa shape index (κ3) is 4.74. The predicted molar refractivity (Wildman–Crippen MR) is 116 cm³/mol. The SMILES string of the molecule is COc1ccc(C(=O)Nc2cncc(C(F)(F)F)c2)cc1[C@@]1(C(C)(C)C)CCN(C(=O)O)C1. The van der Waals surface area contributed by atoms with Crippen LogP contribution < -0.4 is 10.1 Å². The third-order valence-electron chi connectivity index (χ3n) is 6.28. The molecule has 1 aliphatic rings. The van der Waals surface area contributed by atoms with Crippen molar-refractivity contribution in [3.05, 3.63) is 53.3 Å². The van der Waals surface area contributed by atoms with Crippen LogP contribution in [0.25, 0.3) is 0 Å². The summed E-state index contributed by atoms with van der Waals surface area (Å²) in [5.74, 6) is -0.105. The number of rotatable bonds is 4. The Labute approximate surface area is 189 Å². The van der Waals surface area contributed by atoms with Gasteiger partial charge in [-0.3, -0.25) is 9.78 Å². The molecule has 178 valence electrons. The van der Waals surface area contributed by atoms with Crippen molar-refractivity contribution in [2.24, 2.45) is 5.41 Å². The number of alkyl halides is 3. The van der Waals surface area contributed by atoms with Gasteiger partial charge in [-0.05, 0) is 36.1 Å². The summed E-state index contributed by atoms with van der Waals surface area (Å²) in [6.07, 6.45) is -3.26. The zero-order valence-corrected chi connectivity index (χ0v) is 18.8. The van der Waals surface area contributed by atoms with Crippen LogP contribution in [0.4, 0.5) is 23.7 Å². The number of pyridine rings is 1. The highest BCUT2D eigenvalue weighted by molar-refractivity contribution is 6.04. The first kappa shape index (κ1) is 24.3. The number of benzene rings is 1. The van der Waals surface area contributed by atoms with Crippen LogP contribution in [0.3, 0.4) is 0 Å². The van der Waals surface area contributed by atoms with Crippen LogP contribution in [0.5, 0.6) is 5.75 Å². The van der Waals surface area contributed by atoms with Crippen molar-refractivity contribution >= 4 is 17.7 Å². The molecule has 0 unspecified atom stereocenters. The number of aromatic nitrogens is 1. The molecule has 1 aromatic carbocycles. The molecule has 1 saturated heterocycles. The van der Waals surface area contributed by atoms with Gasteiger partial charge in [0.05, 0.1) is 24.6 Å². The molecule has 2 aromatic rings. The number of methoxy groups -OCH3 is 1. The first-order chi connectivity index (χ1) is 15.3. The van der Waals surface area contributed by atoms with Gasteiger partial charge in [0.15, 0.2) is 0 Å². The van der Waals surface area contributed by atoms with Crippen LogP contribution in [-0.4, -0.2) is 47.2 Å². The van der Waals surface area contributed by atoms with Gasteiger partial charge in [-0.2, -0.15) is 13.2 Å². The standard InChI is InChI=1S/C23H26F3N3O4/c1-21(2,3)22(7-8-29(13-22)20(31)32)17-9-14(5-6-18(17)33-4)19(30)28-16-10-15(11-27-12-16)23(24,25)26/h5-6,9-12H,7-8,13H2,1-4H3,(H,28,30)(H,31,32)/t22-/m1/s1. The molecule has 2 heterocycles. The Kier molecular flexibility index (Phi) is 6.32. The summed E-state index contributed by atoms with van der Waals surface area (Å²) >= 11 is 0. The molecule has 2 N–H and O–H groups in total. The van der Waals surface area contributed by atoms with E-state index in [9.17, 15) is 27.9 Å². The predicted octanol–water partition coefficient (Wildman–Crippen LogP) is 5.03. The highest BCUT2D eigenvalue weighted by atomic mass is 19.4. The summed E-state index contributed by atoms with van der Waals surface area (Å²) < 4.78 is 44.4. The molecule has 0 radical (unpaired) electrons. The first-order valence-corrected chi connectivity index (χ1v) is 10.3. The molecule has 0 spiro atoms. The van der Waals surface area contributed by atoms with Crippen LogP contribution >= 0.6 is 0 Å². The molecule has 0 aliphatic carbocycles. The summed E-state index contributed by atoms with van der Waals surface area (Å²) in [4.78, 5) is 29.4. The largest absolute Gasteiger partial charge is 0.496 e. The third-order valence-corrected chi connectivity index (χ3v) is 6.28. The zero-order valence-electron chi connectivity index (χ0n) is 18.8. The van der Waals surface area contributed by atoms with Gasteiger partial charge in [0.25, 0.3) is 5.91 Å². The minimum Gasteiger partial charge on any atom is -0.496 e. The Bertz CT molecular complexity index is 1070. The highest BCUT2D eigenvalue weighted by Gasteiger charge is 2.51. The molecule has 7 nitrogen and oxygen atoms in total. The minimum atomic E-state index is -4.58. The molecular formula is C23H26F3N3O4. The number of halogens is 3. The smallest absolute Gasteiger partial charge is 0.417 e. The second kappa shape index (κ2) is 8.57. The Balaban J connectivity index is 2.00. The van der Waals surface area contributed by atoms with E-state index in [1.165, 1.54) is 18.1 Å². The summed E-state index contributed by atoms with van der Waals surface area (Å²) in [6, 6.07) is 5.57. The maximum absolute atomic E-state index is 13.0. The fourth-order valence-corrected chi connectivity index (χ4v) is 4.30. The number of nitrogens with one attached hydrogen (secondary N) is 1. The van der Waals surface area contributed by atoms with Crippen LogP contribution in [0.2, 0.25) is 0 Å². The average molecular weight is 465 g/mol. The second-order valence-electron chi connectivity index (χ2n) is 9.12. The fraction of sp³-hybridized carbons (Fsp3) is 0.435. The number of nitrogens with zero attached hydrogens (tertiary/aromatic N) is 2. The van der Waals surface area contributed by atoms with Gasteiger partial charge in [0.2, 0.25) is 0 Å². The van der Waals surface area contributed by atoms with Crippen molar-refractivity contribution in [2.75, 3.05) is 25.5 Å². The highest BCUT2D eigenvalue weighted by Crippen LogP contribution is 2.51. The van der Waals surface area contributed by atoms with E-state index in [1.54, 1.807) is 12.1 Å². The van der Waals surface area contributed by atoms with E-state index in [0.717, 1.165) is 12.3 Å². The van der Waals surface area contributed by atoms with Crippen molar-refractivity contribution in [3.8, 4) is 5.75 Å². The van der Waals surface area contributed by atoms with Crippen LogP contribution in [0, 0.1) is 5.41 Å². The quantitative estimate of drug-likeness (QED) is 0.661. The second-order valence-corrected chi connectivity index (χ2v) is 9.12. The number of anilines is 1. The van der Waals surface area contributed by atoms with Gasteiger partial charge >= 0.3 is 12.3 Å². The summed E-state index contributed by atoms with van der Waals surface area (Å²) in [7, 11) is 1.49. The molecule has 1 fully saturated rings. The molecule has 0 saturated carbocycles. The van der Waals surface area contributed by atoms with Crippen LogP contribution in [0.1, 0.15) is 48.7 Å². The molecule has 2 amide bonds. The average Bonchev–Trinajstić information content (AvgIpc) is 3.20. The van der Waals surface area contributed by atoms with Crippen molar-refractivity contribution in [2.45, 2.75) is 38.8 Å². The van der Waals surface area contributed by atoms with E-state index in [4.69, 9.17) is 4.74 Å². The lowest BCUT2D eigenvalue weighted by atomic mass is 9.61. The number of hydrogen-bond acceptors (Lipinski definition) is 4. The number of carboxylic acid groups (broad SMARTS) is 1. The molecule has 1 aliphatic heterocycles. The van der Waals surface area contributed by atoms with Crippen LogP contribution in [0.15, 0.2) is 36.7 Å². The number of hydrogen-bond donors (Lipinski definition) is 2. The zero-order chi connectivity index (χ0) is 24.6. The van der Waals surface area contributed by atoms with Gasteiger partial charge in [0.1, 0.15) is 5.75 Å². The van der Waals surface area contributed by atoms with Crippen molar-refractivity contribution in [1.29, 1.82) is 0 Å². The van der Waals surface area contributed by atoms with Crippen molar-refractivity contribution in [3.63, 3.8) is 0 Å². The number of carbonyl (C=O) groups is 2. The lowest BCUT2D eigenvalue weighted by Gasteiger charge is -2.43. The van der Waals surface area contributed by atoms with Gasteiger partial charge in [0, 0.05) is 35.8 Å². The van der Waals surface area contributed by atoms with Crippen LogP contribution in [-0.2, 0) is 11.6 Å². The monoisotopic (exact) mass is 465 g/mol. The Morgan fingerprint density at radius 3 is 2.42 bits per heavy atom. The molecule has 1 atom stereocenters. The molecule has 33 heavy (non-hydrogen) atoms. The normalized spacial score (nSPS) is 18.8. The maximum Gasteiger partial charge on any atom is 0.417 e. The van der Waals surface area contributed by atoms with Gasteiger partial charge in [-0.25, -0.2) is 4.79 Å².